The minimum atomic E-state index is 1.03. The second-order valence-electron chi connectivity index (χ2n) is 9.04. The van der Waals surface area contributed by atoms with E-state index >= 15 is 0 Å². The van der Waals surface area contributed by atoms with E-state index in [0.29, 0.717) is 0 Å². The lowest BCUT2D eigenvalue weighted by atomic mass is 9.96. The monoisotopic (exact) mass is 494 g/mol. The van der Waals surface area contributed by atoms with Gasteiger partial charge in [0.15, 0.2) is 0 Å². The number of hydrogen-bond acceptors (Lipinski definition) is 4. The van der Waals surface area contributed by atoms with Crippen molar-refractivity contribution in [2.45, 2.75) is 0 Å². The molecule has 4 aromatic carbocycles. The number of rotatable bonds is 2. The maximum absolute atomic E-state index is 4.56. The van der Waals surface area contributed by atoms with Crippen molar-refractivity contribution in [3.05, 3.63) is 109 Å². The lowest BCUT2D eigenvalue weighted by Gasteiger charge is -2.09. The molecule has 0 aliphatic rings. The molecular weight excluding hydrogens is 477 g/mol. The lowest BCUT2D eigenvalue weighted by Crippen LogP contribution is -1.81. The van der Waals surface area contributed by atoms with Crippen molar-refractivity contribution in [2.75, 3.05) is 0 Å². The first kappa shape index (κ1) is 20.1. The van der Waals surface area contributed by atoms with Crippen molar-refractivity contribution in [3.63, 3.8) is 0 Å². The molecule has 0 unspecified atom stereocenters. The zero-order valence-corrected chi connectivity index (χ0v) is 20.7. The Hall–Kier alpha value is -4.12. The molecule has 0 aliphatic heterocycles. The van der Waals surface area contributed by atoms with Gasteiger partial charge in [0.25, 0.3) is 0 Å². The second-order valence-corrected chi connectivity index (χ2v) is 11.1. The SMILES string of the molecule is c1ccc(-c2cc3ccc4c5ccc6c(ccc7cc(-c8ccccn8)sc76)c5ccc4c3s2)nc1. The third kappa shape index (κ3) is 2.95. The fourth-order valence-electron chi connectivity index (χ4n) is 5.30. The zero-order valence-electron chi connectivity index (χ0n) is 19.1. The van der Waals surface area contributed by atoms with Crippen molar-refractivity contribution in [2.24, 2.45) is 0 Å². The number of fused-ring (bicyclic) bond motifs is 9. The molecular formula is C32H18N2S2. The summed E-state index contributed by atoms with van der Waals surface area (Å²) in [6, 6.07) is 35.0. The van der Waals surface area contributed by atoms with E-state index in [9.17, 15) is 0 Å². The number of benzene rings is 4. The van der Waals surface area contributed by atoms with Crippen molar-refractivity contribution in [1.29, 1.82) is 0 Å². The number of nitrogens with zero attached hydrogens (tertiary/aromatic N) is 2. The predicted octanol–water partition coefficient (Wildman–Crippen LogP) is 9.70. The van der Waals surface area contributed by atoms with Gasteiger partial charge in [0.2, 0.25) is 0 Å². The zero-order chi connectivity index (χ0) is 23.6. The number of aromatic nitrogens is 2. The summed E-state index contributed by atoms with van der Waals surface area (Å²) in [4.78, 5) is 11.5. The van der Waals surface area contributed by atoms with Crippen LogP contribution in [0, 0.1) is 0 Å². The Labute approximate surface area is 215 Å². The molecule has 0 N–H and O–H groups in total. The summed E-state index contributed by atoms with van der Waals surface area (Å²) in [5, 5.41) is 10.4. The third-order valence-corrected chi connectivity index (χ3v) is 9.40. The first-order valence-corrected chi connectivity index (χ1v) is 13.5. The van der Waals surface area contributed by atoms with Crippen LogP contribution in [0.3, 0.4) is 0 Å². The maximum atomic E-state index is 4.56. The molecule has 8 rings (SSSR count). The van der Waals surface area contributed by atoms with Crippen LogP contribution in [0.2, 0.25) is 0 Å². The molecule has 8 aromatic rings. The van der Waals surface area contributed by atoms with Gasteiger partial charge in [-0.15, -0.1) is 22.7 Å². The maximum Gasteiger partial charge on any atom is 0.0802 e. The first-order valence-electron chi connectivity index (χ1n) is 11.9. The van der Waals surface area contributed by atoms with Gasteiger partial charge in [-0.2, -0.15) is 0 Å². The Kier molecular flexibility index (Phi) is 4.30. The Balaban J connectivity index is 1.36. The van der Waals surface area contributed by atoms with Gasteiger partial charge >= 0.3 is 0 Å². The van der Waals surface area contributed by atoms with Gasteiger partial charge in [-0.1, -0.05) is 60.7 Å². The van der Waals surface area contributed by atoms with Gasteiger partial charge in [-0.3, -0.25) is 9.97 Å². The van der Waals surface area contributed by atoms with Crippen LogP contribution in [0.5, 0.6) is 0 Å². The van der Waals surface area contributed by atoms with Crippen LogP contribution in [0.1, 0.15) is 0 Å². The number of thiophene rings is 2. The molecule has 0 saturated carbocycles. The molecule has 168 valence electrons. The average Bonchev–Trinajstić information content (AvgIpc) is 3.58. The summed E-state index contributed by atoms with van der Waals surface area (Å²) in [6.45, 7) is 0. The van der Waals surface area contributed by atoms with Gasteiger partial charge in [-0.05, 0) is 68.7 Å². The Morgan fingerprint density at radius 3 is 1.28 bits per heavy atom. The predicted molar refractivity (Wildman–Crippen MR) is 156 cm³/mol. The summed E-state index contributed by atoms with van der Waals surface area (Å²) in [7, 11) is 0. The van der Waals surface area contributed by atoms with Gasteiger partial charge in [-0.25, -0.2) is 0 Å². The molecule has 4 heterocycles. The summed E-state index contributed by atoms with van der Waals surface area (Å²) >= 11 is 3.66. The molecule has 4 heteroatoms. The topological polar surface area (TPSA) is 25.8 Å². The van der Waals surface area contributed by atoms with Gasteiger partial charge in [0.05, 0.1) is 21.1 Å². The minimum Gasteiger partial charge on any atom is -0.255 e. The van der Waals surface area contributed by atoms with Gasteiger partial charge in [0.1, 0.15) is 0 Å². The quantitative estimate of drug-likeness (QED) is 0.224. The smallest absolute Gasteiger partial charge is 0.0802 e. The van der Waals surface area contributed by atoms with Crippen molar-refractivity contribution in [1.82, 2.24) is 9.97 Å². The van der Waals surface area contributed by atoms with E-state index in [2.05, 4.69) is 82.8 Å². The molecule has 0 atom stereocenters. The van der Waals surface area contributed by atoms with Crippen LogP contribution in [0.4, 0.5) is 0 Å². The highest BCUT2D eigenvalue weighted by Gasteiger charge is 2.13. The molecule has 0 saturated heterocycles. The van der Waals surface area contributed by atoms with E-state index in [-0.39, 0.29) is 0 Å². The normalized spacial score (nSPS) is 11.9. The molecule has 0 amide bonds. The Morgan fingerprint density at radius 2 is 0.833 bits per heavy atom. The number of pyridine rings is 2. The average molecular weight is 495 g/mol. The van der Waals surface area contributed by atoms with Crippen LogP contribution < -0.4 is 0 Å². The van der Waals surface area contributed by atoms with Crippen molar-refractivity contribution < 1.29 is 0 Å². The van der Waals surface area contributed by atoms with Gasteiger partial charge < -0.3 is 0 Å². The highest BCUT2D eigenvalue weighted by atomic mass is 32.1. The summed E-state index contributed by atoms with van der Waals surface area (Å²) in [5.41, 5.74) is 2.06. The highest BCUT2D eigenvalue weighted by Crippen LogP contribution is 2.43. The fourth-order valence-corrected chi connectivity index (χ4v) is 7.63. The molecule has 0 spiro atoms. The molecule has 36 heavy (non-hydrogen) atoms. The first-order chi connectivity index (χ1) is 17.8. The van der Waals surface area contributed by atoms with Crippen molar-refractivity contribution in [3.8, 4) is 21.1 Å². The van der Waals surface area contributed by atoms with Crippen LogP contribution in [-0.2, 0) is 0 Å². The number of hydrogen-bond donors (Lipinski definition) is 0. The van der Waals surface area contributed by atoms with Crippen molar-refractivity contribution >= 4 is 75.2 Å². The van der Waals surface area contributed by atoms with E-state index in [1.54, 1.807) is 0 Å². The molecule has 0 bridgehead atoms. The van der Waals surface area contributed by atoms with E-state index in [4.69, 9.17) is 0 Å². The third-order valence-electron chi connectivity index (χ3n) is 6.99. The van der Waals surface area contributed by atoms with Crippen LogP contribution in [-0.4, -0.2) is 9.97 Å². The molecule has 2 nitrogen and oxygen atoms in total. The minimum absolute atomic E-state index is 1.03. The largest absolute Gasteiger partial charge is 0.255 e. The molecule has 0 aliphatic carbocycles. The Bertz CT molecular complexity index is 1940. The summed E-state index contributed by atoms with van der Waals surface area (Å²) < 4.78 is 2.65. The van der Waals surface area contributed by atoms with E-state index in [1.165, 1.54) is 62.2 Å². The van der Waals surface area contributed by atoms with Crippen LogP contribution in [0.25, 0.3) is 73.6 Å². The molecule has 4 aromatic heterocycles. The van der Waals surface area contributed by atoms with Gasteiger partial charge in [0, 0.05) is 32.6 Å². The van der Waals surface area contributed by atoms with E-state index in [1.807, 2.05) is 59.3 Å². The van der Waals surface area contributed by atoms with E-state index < -0.39 is 0 Å². The van der Waals surface area contributed by atoms with Crippen LogP contribution >= 0.6 is 22.7 Å². The standard InChI is InChI=1S/C32H18N2S2/c1-3-15-33-27(5-1)29-17-19-7-9-23-21-12-14-26-24(22(21)11-13-25(23)31(19)35-29)10-8-20-18-30(36-32(20)26)28-6-2-4-16-34-28/h1-18H. The molecule has 0 fully saturated rings. The molecule has 0 radical (unpaired) electrons. The summed E-state index contributed by atoms with van der Waals surface area (Å²) in [6.07, 6.45) is 3.72. The summed E-state index contributed by atoms with van der Waals surface area (Å²) in [5.74, 6) is 0. The highest BCUT2D eigenvalue weighted by molar-refractivity contribution is 7.23. The van der Waals surface area contributed by atoms with E-state index in [0.717, 1.165) is 11.4 Å². The van der Waals surface area contributed by atoms with Crippen LogP contribution in [0.15, 0.2) is 109 Å². The Morgan fingerprint density at radius 1 is 0.417 bits per heavy atom. The second kappa shape index (κ2) is 7.69. The lowest BCUT2D eigenvalue weighted by molar-refractivity contribution is 1.34. The fraction of sp³-hybridized carbons (Fsp3) is 0.